The second kappa shape index (κ2) is 16.6. The summed E-state index contributed by atoms with van der Waals surface area (Å²) in [5, 5.41) is 16.9. The molecule has 0 bridgehead atoms. The van der Waals surface area contributed by atoms with Crippen molar-refractivity contribution in [2.24, 2.45) is 5.92 Å². The van der Waals surface area contributed by atoms with Crippen LogP contribution in [-0.4, -0.2) is 89.4 Å². The number of amides is 4. The van der Waals surface area contributed by atoms with Crippen molar-refractivity contribution < 1.29 is 42.2 Å². The molecule has 2 saturated heterocycles. The lowest BCUT2D eigenvalue weighted by Gasteiger charge is -2.32. The van der Waals surface area contributed by atoms with Crippen LogP contribution in [0.15, 0.2) is 48.5 Å². The van der Waals surface area contributed by atoms with Crippen molar-refractivity contribution >= 4 is 51.3 Å². The van der Waals surface area contributed by atoms with Crippen molar-refractivity contribution in [3.8, 4) is 0 Å². The Labute approximate surface area is 327 Å². The highest BCUT2D eigenvalue weighted by Gasteiger charge is 2.62. The van der Waals surface area contributed by atoms with Crippen LogP contribution in [-0.2, 0) is 47.2 Å². The predicted octanol–water partition coefficient (Wildman–Crippen LogP) is 3.90. The number of nitrogens with zero attached hydrogens (tertiary/aromatic N) is 2. The molecule has 6 atom stereocenters. The van der Waals surface area contributed by atoms with Gasteiger partial charge in [0.05, 0.1) is 23.9 Å². The van der Waals surface area contributed by atoms with Crippen LogP contribution >= 0.6 is 11.6 Å². The van der Waals surface area contributed by atoms with E-state index in [-0.39, 0.29) is 31.0 Å². The number of benzene rings is 2. The number of hydrogen-bond acceptors (Lipinski definition) is 10. The largest absolute Gasteiger partial charge is 0.444 e. The summed E-state index contributed by atoms with van der Waals surface area (Å²) < 4.78 is 42.2. The Morgan fingerprint density at radius 3 is 2.27 bits per heavy atom. The van der Waals surface area contributed by atoms with E-state index >= 15 is 0 Å². The predicted molar refractivity (Wildman–Crippen MR) is 203 cm³/mol. The van der Waals surface area contributed by atoms with Crippen molar-refractivity contribution in [2.45, 2.75) is 127 Å². The molecule has 2 aromatic carbocycles. The standard InChI is InChI=1S/C38H51ClN6O9S/c1-37(2,3)54-35(49)40-30-14-8-6-4-5-7-13-26-20-38(26,34(48)43-55(51,52)42-28-17-15-27(39)16-18-28)41-32(46)31-19-29(23-45(31)33(30)47)53-36(50)44-21-24-11-9-10-12-25(24)22-44/h9-12,15-18,26,29-31,35,40,42,49H,4-8,13-14,19-23H2,1-3H3,(H,41,46)(H,43,48)/t26-,29-,30+,31+,35?,38-/m1/s1. The van der Waals surface area contributed by atoms with Gasteiger partial charge in [0.2, 0.25) is 18.2 Å². The van der Waals surface area contributed by atoms with E-state index in [0.29, 0.717) is 37.4 Å². The van der Waals surface area contributed by atoms with E-state index in [1.54, 1.807) is 25.7 Å². The van der Waals surface area contributed by atoms with Gasteiger partial charge in [-0.1, -0.05) is 68.0 Å². The van der Waals surface area contributed by atoms with E-state index in [0.717, 1.165) is 36.8 Å². The Kier molecular flexibility index (Phi) is 12.3. The van der Waals surface area contributed by atoms with E-state index in [1.807, 2.05) is 24.3 Å². The molecule has 0 spiro atoms. The van der Waals surface area contributed by atoms with Crippen LogP contribution in [0.5, 0.6) is 0 Å². The third-order valence-electron chi connectivity index (χ3n) is 10.5. The van der Waals surface area contributed by atoms with E-state index in [1.165, 1.54) is 29.2 Å². The van der Waals surface area contributed by atoms with Gasteiger partial charge in [-0.15, -0.1) is 0 Å². The smallest absolute Gasteiger partial charge is 0.410 e. The number of ether oxygens (including phenoxy) is 2. The fourth-order valence-corrected chi connectivity index (χ4v) is 8.77. The molecule has 15 nitrogen and oxygen atoms in total. The minimum atomic E-state index is -4.41. The van der Waals surface area contributed by atoms with Gasteiger partial charge in [0.25, 0.3) is 5.91 Å². The van der Waals surface area contributed by atoms with Crippen LogP contribution in [0.25, 0.3) is 0 Å². The van der Waals surface area contributed by atoms with Crippen LogP contribution in [0, 0.1) is 5.92 Å². The van der Waals surface area contributed by atoms with E-state index in [9.17, 15) is 32.7 Å². The van der Waals surface area contributed by atoms with Crippen molar-refractivity contribution in [1.29, 1.82) is 0 Å². The number of halogens is 1. The van der Waals surface area contributed by atoms with E-state index in [4.69, 9.17) is 21.1 Å². The number of rotatable bonds is 8. The molecule has 5 N–H and O–H groups in total. The van der Waals surface area contributed by atoms with Gasteiger partial charge in [0, 0.05) is 24.5 Å². The summed E-state index contributed by atoms with van der Waals surface area (Å²) in [5.74, 6) is -2.42. The fraction of sp³-hybridized carbons (Fsp3) is 0.579. The minimum absolute atomic E-state index is 0.0589. The molecule has 1 aliphatic carbocycles. The van der Waals surface area contributed by atoms with Crippen LogP contribution in [0.3, 0.4) is 0 Å². The molecule has 4 aliphatic rings. The van der Waals surface area contributed by atoms with Gasteiger partial charge in [-0.2, -0.15) is 8.42 Å². The van der Waals surface area contributed by atoms with Gasteiger partial charge >= 0.3 is 16.3 Å². The molecule has 3 heterocycles. The molecular formula is C38H51ClN6O9S. The van der Waals surface area contributed by atoms with Crippen molar-refractivity contribution in [2.75, 3.05) is 11.3 Å². The maximum absolute atomic E-state index is 14.4. The summed E-state index contributed by atoms with van der Waals surface area (Å²) in [6.07, 6.45) is 2.01. The molecule has 300 valence electrons. The number of aliphatic hydroxyl groups excluding tert-OH is 1. The third kappa shape index (κ3) is 10.3. The maximum Gasteiger partial charge on any atom is 0.410 e. The highest BCUT2D eigenvalue weighted by Crippen LogP contribution is 2.48. The minimum Gasteiger partial charge on any atom is -0.444 e. The first kappa shape index (κ1) is 40.7. The zero-order valence-corrected chi connectivity index (χ0v) is 33.0. The van der Waals surface area contributed by atoms with Gasteiger partial charge in [-0.05, 0) is 81.3 Å². The first-order valence-electron chi connectivity index (χ1n) is 18.9. The van der Waals surface area contributed by atoms with Crippen LogP contribution in [0.1, 0.15) is 89.7 Å². The van der Waals surface area contributed by atoms with Crippen molar-refractivity contribution in [1.82, 2.24) is 25.2 Å². The normalized spacial score (nSPS) is 26.7. The van der Waals surface area contributed by atoms with Gasteiger partial charge in [0.1, 0.15) is 17.7 Å². The maximum atomic E-state index is 14.4. The molecule has 55 heavy (non-hydrogen) atoms. The number of carbonyl (C=O) groups is 4. The number of hydrogen-bond donors (Lipinski definition) is 5. The Hall–Kier alpha value is -3.96. The second-order valence-electron chi connectivity index (χ2n) is 15.9. The van der Waals surface area contributed by atoms with Gasteiger partial charge < -0.3 is 24.8 Å². The monoisotopic (exact) mass is 802 g/mol. The fourth-order valence-electron chi connectivity index (χ4n) is 7.72. The van der Waals surface area contributed by atoms with Crippen LogP contribution < -0.4 is 20.1 Å². The number of fused-ring (bicyclic) bond motifs is 3. The lowest BCUT2D eigenvalue weighted by molar-refractivity contribution is -0.188. The van der Waals surface area contributed by atoms with E-state index in [2.05, 4.69) is 20.1 Å². The quantitative estimate of drug-likeness (QED) is 0.244. The van der Waals surface area contributed by atoms with Crippen molar-refractivity contribution in [3.05, 3.63) is 64.7 Å². The Morgan fingerprint density at radius 2 is 1.62 bits per heavy atom. The summed E-state index contributed by atoms with van der Waals surface area (Å²) in [4.78, 5) is 59.0. The molecule has 1 unspecified atom stereocenters. The molecule has 0 radical (unpaired) electrons. The van der Waals surface area contributed by atoms with Crippen LogP contribution in [0.2, 0.25) is 5.02 Å². The first-order valence-corrected chi connectivity index (χ1v) is 20.8. The zero-order valence-electron chi connectivity index (χ0n) is 31.4. The summed E-state index contributed by atoms with van der Waals surface area (Å²) >= 11 is 5.93. The number of anilines is 1. The Balaban J connectivity index is 1.23. The highest BCUT2D eigenvalue weighted by molar-refractivity contribution is 7.91. The molecule has 4 amide bonds. The molecule has 3 aliphatic heterocycles. The molecule has 0 aromatic heterocycles. The average molecular weight is 803 g/mol. The summed E-state index contributed by atoms with van der Waals surface area (Å²) in [7, 11) is -4.41. The van der Waals surface area contributed by atoms with Gasteiger partial charge in [-0.25, -0.2) is 9.52 Å². The second-order valence-corrected chi connectivity index (χ2v) is 17.8. The molecule has 3 fully saturated rings. The SMILES string of the molecule is CC(C)(C)OC(O)N[C@H]1CCCCCCC[C@@H]2C[C@@]2(C(=O)NS(=O)(=O)Nc2ccc(Cl)cc2)NC(=O)[C@@H]2C[C@@H](OC(=O)N3Cc4ccccc4C3)CN2C1=O. The number of aliphatic hydroxyl groups is 1. The Morgan fingerprint density at radius 1 is 0.982 bits per heavy atom. The van der Waals surface area contributed by atoms with Gasteiger partial charge in [-0.3, -0.25) is 29.3 Å². The zero-order chi connectivity index (χ0) is 39.5. The Bertz CT molecular complexity index is 1830. The highest BCUT2D eigenvalue weighted by atomic mass is 35.5. The number of nitrogens with one attached hydrogen (secondary N) is 4. The average Bonchev–Trinajstić information content (AvgIpc) is 3.41. The molecule has 17 heteroatoms. The number of carbonyl (C=O) groups excluding carboxylic acids is 4. The molecular weight excluding hydrogens is 752 g/mol. The summed E-state index contributed by atoms with van der Waals surface area (Å²) in [5.41, 5.74) is -0.0872. The van der Waals surface area contributed by atoms with E-state index < -0.39 is 69.8 Å². The lowest BCUT2D eigenvalue weighted by atomic mass is 10.0. The summed E-state index contributed by atoms with van der Waals surface area (Å²) in [6.45, 7) is 5.92. The van der Waals surface area contributed by atoms with Crippen LogP contribution in [0.4, 0.5) is 10.5 Å². The first-order chi connectivity index (χ1) is 26.0. The van der Waals surface area contributed by atoms with Crippen molar-refractivity contribution in [3.63, 3.8) is 0 Å². The third-order valence-corrected chi connectivity index (χ3v) is 11.8. The molecule has 6 rings (SSSR count). The summed E-state index contributed by atoms with van der Waals surface area (Å²) in [6, 6.07) is 11.5. The topological polar surface area (TPSA) is 196 Å². The van der Waals surface area contributed by atoms with Gasteiger partial charge in [0.15, 0.2) is 0 Å². The molecule has 1 saturated carbocycles. The lowest BCUT2D eigenvalue weighted by Crippen LogP contribution is -2.59. The molecule has 2 aromatic rings.